The van der Waals surface area contributed by atoms with Crippen molar-refractivity contribution in [2.24, 2.45) is 5.73 Å². The van der Waals surface area contributed by atoms with Crippen molar-refractivity contribution in [3.05, 3.63) is 83.1 Å². The Morgan fingerprint density at radius 1 is 1.03 bits per heavy atom. The number of hydrogen-bond acceptors (Lipinski definition) is 10. The summed E-state index contributed by atoms with van der Waals surface area (Å²) >= 11 is 0. The van der Waals surface area contributed by atoms with Gasteiger partial charge in [0.25, 0.3) is 0 Å². The molecule has 2 N–H and O–H groups in total. The van der Waals surface area contributed by atoms with E-state index in [1.54, 1.807) is 69.3 Å². The Bertz CT molecular complexity index is 1570. The maximum Gasteiger partial charge on any atom is 0.420 e. The van der Waals surface area contributed by atoms with Gasteiger partial charge in [-0.2, -0.15) is 5.26 Å². The van der Waals surface area contributed by atoms with Crippen molar-refractivity contribution in [2.75, 3.05) is 19.1 Å². The van der Waals surface area contributed by atoms with Gasteiger partial charge in [0, 0.05) is 0 Å². The Morgan fingerprint density at radius 3 is 2.28 bits per heavy atom. The molecular weight excluding hydrogens is 502 g/mol. The minimum atomic E-state index is -0.982. The molecule has 1 aliphatic heterocycles. The normalized spacial score (nSPS) is 15.7. The Morgan fingerprint density at radius 2 is 1.69 bits per heavy atom. The molecule has 0 fully saturated rings. The number of nitrogens with two attached hydrogens (primary N) is 1. The van der Waals surface area contributed by atoms with Crippen LogP contribution < -0.4 is 10.6 Å². The Hall–Kier alpha value is -5.11. The minimum absolute atomic E-state index is 0.0358. The van der Waals surface area contributed by atoms with Gasteiger partial charge in [-0.05, 0) is 44.5 Å². The number of nitrogens with zero attached hydrogens (tertiary/aromatic N) is 4. The predicted molar refractivity (Wildman–Crippen MR) is 141 cm³/mol. The van der Waals surface area contributed by atoms with E-state index in [2.05, 4.69) is 11.1 Å². The van der Waals surface area contributed by atoms with Crippen molar-refractivity contribution in [1.82, 2.24) is 9.55 Å². The number of allylic oxidation sites excluding steroid dienone is 1. The van der Waals surface area contributed by atoms with Crippen LogP contribution >= 0.6 is 0 Å². The van der Waals surface area contributed by atoms with Crippen LogP contribution in [0.25, 0.3) is 11.0 Å². The fourth-order valence-corrected chi connectivity index (χ4v) is 4.38. The average molecular weight is 530 g/mol. The third-order valence-corrected chi connectivity index (χ3v) is 5.99. The highest BCUT2D eigenvalue weighted by atomic mass is 16.6. The molecule has 0 saturated heterocycles. The smallest absolute Gasteiger partial charge is 0.420 e. The van der Waals surface area contributed by atoms with E-state index >= 15 is 0 Å². The number of fused-ring (bicyclic) bond motifs is 1. The second-order valence-electron chi connectivity index (χ2n) is 9.60. The maximum atomic E-state index is 13.2. The predicted octanol–water partition coefficient (Wildman–Crippen LogP) is 3.72. The number of methoxy groups -OCH3 is 2. The summed E-state index contributed by atoms with van der Waals surface area (Å²) in [5, 5.41) is 10.2. The minimum Gasteiger partial charge on any atom is -0.466 e. The number of ether oxygens (including phenoxy) is 3. The second-order valence-corrected chi connectivity index (χ2v) is 9.60. The van der Waals surface area contributed by atoms with E-state index < -0.39 is 29.6 Å². The largest absolute Gasteiger partial charge is 0.466 e. The molecule has 11 nitrogen and oxygen atoms in total. The molecular formula is C28H27N5O6. The summed E-state index contributed by atoms with van der Waals surface area (Å²) in [7, 11) is 2.35. The SMILES string of the molecule is COC(=O)C1=C(C(=O)OC)N(c2ccc3c(c2)ncn3C(=O)OC(C)(C)C)C(N)=C(C#N)C1c1ccccc1. The summed E-state index contributed by atoms with van der Waals surface area (Å²) in [6, 6.07) is 15.6. The maximum absolute atomic E-state index is 13.2. The number of carbonyl (C=O) groups excluding carboxylic acids is 3. The van der Waals surface area contributed by atoms with E-state index in [-0.39, 0.29) is 22.7 Å². The van der Waals surface area contributed by atoms with Crippen LogP contribution in [0.3, 0.4) is 0 Å². The number of imidazole rings is 1. The third kappa shape index (κ3) is 4.92. The van der Waals surface area contributed by atoms with Crippen LogP contribution in [0.5, 0.6) is 0 Å². The van der Waals surface area contributed by atoms with Gasteiger partial charge in [-0.25, -0.2) is 23.9 Å². The lowest BCUT2D eigenvalue weighted by atomic mass is 9.81. The van der Waals surface area contributed by atoms with Crippen LogP contribution in [-0.2, 0) is 23.8 Å². The summed E-state index contributed by atoms with van der Waals surface area (Å²) in [4.78, 5) is 44.6. The van der Waals surface area contributed by atoms with E-state index in [0.717, 1.165) is 0 Å². The molecule has 4 rings (SSSR count). The first-order valence-corrected chi connectivity index (χ1v) is 11.9. The zero-order valence-electron chi connectivity index (χ0n) is 22.1. The van der Waals surface area contributed by atoms with Crippen LogP contribution in [0.1, 0.15) is 32.3 Å². The summed E-state index contributed by atoms with van der Waals surface area (Å²) in [5.41, 5.74) is 7.21. The standard InChI is InChI=1S/C28H27N5O6/c1-28(2,3)39-27(36)32-15-31-19-13-17(11-12-20(19)32)33-23(26(35)38-5)22(25(34)37-4)21(18(14-29)24(33)30)16-9-7-6-8-10-16/h6-13,15,21H,30H2,1-5H3. The number of anilines is 1. The molecule has 11 heteroatoms. The first kappa shape index (κ1) is 26.9. The van der Waals surface area contributed by atoms with Gasteiger partial charge < -0.3 is 19.9 Å². The van der Waals surface area contributed by atoms with Gasteiger partial charge in [-0.1, -0.05) is 30.3 Å². The van der Waals surface area contributed by atoms with Crippen molar-refractivity contribution in [3.63, 3.8) is 0 Å². The van der Waals surface area contributed by atoms with E-state index in [9.17, 15) is 19.6 Å². The quantitative estimate of drug-likeness (QED) is 0.391. The zero-order valence-corrected chi connectivity index (χ0v) is 22.1. The van der Waals surface area contributed by atoms with Crippen LogP contribution in [0, 0.1) is 11.3 Å². The summed E-state index contributed by atoms with van der Waals surface area (Å²) in [6.45, 7) is 5.26. The molecule has 39 heavy (non-hydrogen) atoms. The van der Waals surface area contributed by atoms with Crippen LogP contribution in [0.2, 0.25) is 0 Å². The van der Waals surface area contributed by atoms with E-state index in [1.165, 1.54) is 30.0 Å². The fraction of sp³-hybridized carbons (Fsp3) is 0.250. The molecule has 0 bridgehead atoms. The molecule has 0 aliphatic carbocycles. The zero-order chi connectivity index (χ0) is 28.5. The molecule has 1 aliphatic rings. The van der Waals surface area contributed by atoms with Crippen molar-refractivity contribution in [2.45, 2.75) is 32.3 Å². The molecule has 1 aromatic heterocycles. The van der Waals surface area contributed by atoms with Crippen molar-refractivity contribution in [1.29, 1.82) is 5.26 Å². The highest BCUT2D eigenvalue weighted by Crippen LogP contribution is 2.43. The lowest BCUT2D eigenvalue weighted by Crippen LogP contribution is -2.40. The number of aromatic nitrogens is 2. The molecule has 2 heterocycles. The average Bonchev–Trinajstić information content (AvgIpc) is 3.34. The molecule has 200 valence electrons. The molecule has 3 aromatic rings. The van der Waals surface area contributed by atoms with Gasteiger partial charge in [0.1, 0.15) is 23.4 Å². The first-order chi connectivity index (χ1) is 18.5. The Labute approximate surface area is 224 Å². The van der Waals surface area contributed by atoms with Crippen molar-refractivity contribution >= 4 is 34.8 Å². The lowest BCUT2D eigenvalue weighted by molar-refractivity contribution is -0.139. The third-order valence-electron chi connectivity index (χ3n) is 5.99. The number of benzene rings is 2. The van der Waals surface area contributed by atoms with E-state index in [0.29, 0.717) is 22.3 Å². The second kappa shape index (κ2) is 10.3. The van der Waals surface area contributed by atoms with Gasteiger partial charge in [0.15, 0.2) is 0 Å². The highest BCUT2D eigenvalue weighted by molar-refractivity contribution is 6.06. The Kier molecular flexibility index (Phi) is 7.14. The Balaban J connectivity index is 1.95. The first-order valence-electron chi connectivity index (χ1n) is 11.9. The molecule has 2 aromatic carbocycles. The molecule has 0 amide bonds. The molecule has 0 radical (unpaired) electrons. The molecule has 1 atom stereocenters. The number of hydrogen-bond donors (Lipinski definition) is 1. The van der Waals surface area contributed by atoms with Gasteiger partial charge in [0.2, 0.25) is 0 Å². The van der Waals surface area contributed by atoms with Gasteiger partial charge in [-0.3, -0.25) is 4.90 Å². The van der Waals surface area contributed by atoms with Gasteiger partial charge in [-0.15, -0.1) is 0 Å². The summed E-state index contributed by atoms with van der Waals surface area (Å²) in [6.07, 6.45) is 0.705. The summed E-state index contributed by atoms with van der Waals surface area (Å²) < 4.78 is 16.8. The monoisotopic (exact) mass is 529 g/mol. The van der Waals surface area contributed by atoms with Crippen LogP contribution in [0.4, 0.5) is 10.5 Å². The van der Waals surface area contributed by atoms with Crippen molar-refractivity contribution in [3.8, 4) is 6.07 Å². The van der Waals surface area contributed by atoms with E-state index in [1.807, 2.05) is 0 Å². The lowest BCUT2D eigenvalue weighted by Gasteiger charge is -2.35. The summed E-state index contributed by atoms with van der Waals surface area (Å²) in [5.74, 6) is -2.75. The number of esters is 2. The molecule has 0 spiro atoms. The van der Waals surface area contributed by atoms with Gasteiger partial charge in [0.05, 0.1) is 54.1 Å². The number of rotatable bonds is 4. The number of carbonyl (C=O) groups is 3. The van der Waals surface area contributed by atoms with Crippen molar-refractivity contribution < 1.29 is 28.6 Å². The van der Waals surface area contributed by atoms with Crippen LogP contribution in [0.15, 0.2) is 77.5 Å². The highest BCUT2D eigenvalue weighted by Gasteiger charge is 2.43. The topological polar surface area (TPSA) is 150 Å². The fourth-order valence-electron chi connectivity index (χ4n) is 4.38. The molecule has 1 unspecified atom stereocenters. The van der Waals surface area contributed by atoms with E-state index in [4.69, 9.17) is 19.9 Å². The number of nitriles is 1. The van der Waals surface area contributed by atoms with Crippen LogP contribution in [-0.4, -0.2) is 47.4 Å². The van der Waals surface area contributed by atoms with Gasteiger partial charge >= 0.3 is 18.0 Å². The molecule has 0 saturated carbocycles.